The molecule has 0 radical (unpaired) electrons. The average molecular weight is 195 g/mol. The third-order valence-corrected chi connectivity index (χ3v) is 1.68. The molecule has 0 saturated carbocycles. The number of carbonyl (C=O) groups is 1. The van der Waals surface area contributed by atoms with Gasteiger partial charge in [-0.15, -0.1) is 0 Å². The predicted octanol–water partition coefficient (Wildman–Crippen LogP) is 0.614. The fraction of sp³-hybridized carbons (Fsp3) is 0.444. The molecule has 0 bridgehead atoms. The first kappa shape index (κ1) is 10.4. The normalized spacial score (nSPS) is 9.93. The first-order valence-electron chi connectivity index (χ1n) is 4.24. The van der Waals surface area contributed by atoms with Crippen LogP contribution in [0.15, 0.2) is 6.07 Å². The highest BCUT2D eigenvalue weighted by Gasteiger charge is 2.08. The second-order valence-electron chi connectivity index (χ2n) is 3.20. The van der Waals surface area contributed by atoms with E-state index in [1.165, 1.54) is 4.90 Å². The van der Waals surface area contributed by atoms with Gasteiger partial charge >= 0.3 is 5.97 Å². The van der Waals surface area contributed by atoms with Crippen molar-refractivity contribution in [3.05, 3.63) is 17.5 Å². The Balaban J connectivity index is 2.89. The molecule has 0 fully saturated rings. The summed E-state index contributed by atoms with van der Waals surface area (Å²) >= 11 is 0. The van der Waals surface area contributed by atoms with Crippen LogP contribution >= 0.6 is 0 Å². The quantitative estimate of drug-likeness (QED) is 0.765. The smallest absolute Gasteiger partial charge is 0.323 e. The highest BCUT2D eigenvalue weighted by Crippen LogP contribution is 2.07. The SMILES string of the molecule is Cc1cc(C)nc(N(C)CC(=O)O)n1. The van der Waals surface area contributed by atoms with Gasteiger partial charge in [-0.05, 0) is 19.9 Å². The minimum absolute atomic E-state index is 0.0944. The van der Waals surface area contributed by atoms with Crippen molar-refractivity contribution in [2.45, 2.75) is 13.8 Å². The molecular weight excluding hydrogens is 182 g/mol. The molecule has 0 amide bonds. The Bertz CT molecular complexity index is 332. The molecule has 5 heteroatoms. The minimum Gasteiger partial charge on any atom is -0.480 e. The number of aryl methyl sites for hydroxylation is 2. The molecule has 1 N–H and O–H groups in total. The Labute approximate surface area is 82.4 Å². The van der Waals surface area contributed by atoms with Crippen molar-refractivity contribution in [3.63, 3.8) is 0 Å². The molecule has 0 aliphatic heterocycles. The second-order valence-corrected chi connectivity index (χ2v) is 3.20. The topological polar surface area (TPSA) is 66.3 Å². The summed E-state index contributed by atoms with van der Waals surface area (Å²) in [6, 6.07) is 1.85. The molecule has 0 spiro atoms. The Morgan fingerprint density at radius 2 is 1.93 bits per heavy atom. The Hall–Kier alpha value is -1.65. The van der Waals surface area contributed by atoms with Crippen LogP contribution in [-0.2, 0) is 4.79 Å². The van der Waals surface area contributed by atoms with Crippen molar-refractivity contribution in [2.75, 3.05) is 18.5 Å². The van der Waals surface area contributed by atoms with Crippen molar-refractivity contribution in [1.82, 2.24) is 9.97 Å². The van der Waals surface area contributed by atoms with Crippen LogP contribution in [0.4, 0.5) is 5.95 Å². The van der Waals surface area contributed by atoms with Gasteiger partial charge < -0.3 is 10.0 Å². The van der Waals surface area contributed by atoms with Crippen LogP contribution in [0.2, 0.25) is 0 Å². The van der Waals surface area contributed by atoms with Crippen LogP contribution in [0.5, 0.6) is 0 Å². The van der Waals surface area contributed by atoms with Gasteiger partial charge in [0.25, 0.3) is 0 Å². The number of hydrogen-bond donors (Lipinski definition) is 1. The molecule has 0 aromatic carbocycles. The maximum Gasteiger partial charge on any atom is 0.323 e. The summed E-state index contributed by atoms with van der Waals surface area (Å²) in [5.41, 5.74) is 1.68. The third kappa shape index (κ3) is 2.69. The Morgan fingerprint density at radius 1 is 1.43 bits per heavy atom. The molecule has 1 heterocycles. The highest BCUT2D eigenvalue weighted by atomic mass is 16.4. The second kappa shape index (κ2) is 4.04. The standard InChI is InChI=1S/C9H13N3O2/c1-6-4-7(2)11-9(10-6)12(3)5-8(13)14/h4H,5H2,1-3H3,(H,13,14). The molecule has 0 aliphatic carbocycles. The number of carboxylic acids is 1. The molecule has 14 heavy (non-hydrogen) atoms. The predicted molar refractivity (Wildman–Crippen MR) is 52.4 cm³/mol. The molecule has 76 valence electrons. The van der Waals surface area contributed by atoms with Crippen molar-refractivity contribution in [2.24, 2.45) is 0 Å². The lowest BCUT2D eigenvalue weighted by atomic mass is 10.3. The first-order chi connectivity index (χ1) is 6.49. The molecule has 0 atom stereocenters. The van der Waals surface area contributed by atoms with Crippen LogP contribution in [-0.4, -0.2) is 34.6 Å². The minimum atomic E-state index is -0.893. The summed E-state index contributed by atoms with van der Waals surface area (Å²) in [7, 11) is 1.66. The fourth-order valence-corrected chi connectivity index (χ4v) is 1.15. The lowest BCUT2D eigenvalue weighted by molar-refractivity contribution is -0.135. The number of hydrogen-bond acceptors (Lipinski definition) is 4. The summed E-state index contributed by atoms with van der Waals surface area (Å²) in [5.74, 6) is -0.444. The van der Waals surface area contributed by atoms with E-state index >= 15 is 0 Å². The zero-order chi connectivity index (χ0) is 10.7. The fourth-order valence-electron chi connectivity index (χ4n) is 1.15. The van der Waals surface area contributed by atoms with Gasteiger partial charge in [-0.25, -0.2) is 9.97 Å². The zero-order valence-corrected chi connectivity index (χ0v) is 8.48. The van der Waals surface area contributed by atoms with Crippen LogP contribution in [0.25, 0.3) is 0 Å². The van der Waals surface area contributed by atoms with Gasteiger partial charge in [0.15, 0.2) is 0 Å². The van der Waals surface area contributed by atoms with Gasteiger partial charge in [0.05, 0.1) is 0 Å². The number of aromatic nitrogens is 2. The Kier molecular flexibility index (Phi) is 3.01. The lowest BCUT2D eigenvalue weighted by Gasteiger charge is -2.14. The Morgan fingerprint density at radius 3 is 2.36 bits per heavy atom. The van der Waals surface area contributed by atoms with E-state index in [9.17, 15) is 4.79 Å². The maximum atomic E-state index is 10.5. The molecule has 1 rings (SSSR count). The number of rotatable bonds is 3. The molecule has 1 aromatic heterocycles. The molecule has 1 aromatic rings. The monoisotopic (exact) mass is 195 g/mol. The molecule has 0 saturated heterocycles. The van der Waals surface area contributed by atoms with E-state index in [0.29, 0.717) is 5.95 Å². The van der Waals surface area contributed by atoms with E-state index in [2.05, 4.69) is 9.97 Å². The largest absolute Gasteiger partial charge is 0.480 e. The lowest BCUT2D eigenvalue weighted by Crippen LogP contribution is -2.27. The molecular formula is C9H13N3O2. The number of carboxylic acid groups (broad SMARTS) is 1. The summed E-state index contributed by atoms with van der Waals surface area (Å²) in [5, 5.41) is 8.59. The van der Waals surface area contributed by atoms with Crippen LogP contribution < -0.4 is 4.90 Å². The van der Waals surface area contributed by atoms with E-state index in [0.717, 1.165) is 11.4 Å². The molecule has 0 aliphatic rings. The molecule has 0 unspecified atom stereocenters. The van der Waals surface area contributed by atoms with E-state index in [1.54, 1.807) is 7.05 Å². The number of anilines is 1. The van der Waals surface area contributed by atoms with Gasteiger partial charge in [-0.1, -0.05) is 0 Å². The summed E-state index contributed by atoms with van der Waals surface area (Å²) in [6.07, 6.45) is 0. The van der Waals surface area contributed by atoms with Gasteiger partial charge in [0.2, 0.25) is 5.95 Å². The van der Waals surface area contributed by atoms with E-state index in [1.807, 2.05) is 19.9 Å². The third-order valence-electron chi connectivity index (χ3n) is 1.68. The van der Waals surface area contributed by atoms with Crippen LogP contribution in [0.3, 0.4) is 0 Å². The van der Waals surface area contributed by atoms with Gasteiger partial charge in [-0.2, -0.15) is 0 Å². The summed E-state index contributed by atoms with van der Waals surface area (Å²) in [4.78, 5) is 20.2. The zero-order valence-electron chi connectivity index (χ0n) is 8.48. The van der Waals surface area contributed by atoms with Crippen LogP contribution in [0, 0.1) is 13.8 Å². The maximum absolute atomic E-state index is 10.5. The number of likely N-dealkylation sites (N-methyl/N-ethyl adjacent to an activating group) is 1. The van der Waals surface area contributed by atoms with Crippen molar-refractivity contribution < 1.29 is 9.90 Å². The van der Waals surface area contributed by atoms with Crippen LogP contribution in [0.1, 0.15) is 11.4 Å². The van der Waals surface area contributed by atoms with E-state index < -0.39 is 5.97 Å². The molecule has 5 nitrogen and oxygen atoms in total. The van der Waals surface area contributed by atoms with Crippen molar-refractivity contribution in [3.8, 4) is 0 Å². The average Bonchev–Trinajstić information content (AvgIpc) is 2.00. The van der Waals surface area contributed by atoms with Crippen molar-refractivity contribution >= 4 is 11.9 Å². The van der Waals surface area contributed by atoms with Gasteiger partial charge in [0, 0.05) is 18.4 Å². The first-order valence-corrected chi connectivity index (χ1v) is 4.24. The number of aliphatic carboxylic acids is 1. The van der Waals surface area contributed by atoms with Gasteiger partial charge in [-0.3, -0.25) is 4.79 Å². The van der Waals surface area contributed by atoms with E-state index in [4.69, 9.17) is 5.11 Å². The summed E-state index contributed by atoms with van der Waals surface area (Å²) in [6.45, 7) is 3.61. The summed E-state index contributed by atoms with van der Waals surface area (Å²) < 4.78 is 0. The van der Waals surface area contributed by atoms with Gasteiger partial charge in [0.1, 0.15) is 6.54 Å². The highest BCUT2D eigenvalue weighted by molar-refractivity contribution is 5.72. The van der Waals surface area contributed by atoms with E-state index in [-0.39, 0.29) is 6.54 Å². The van der Waals surface area contributed by atoms with Crippen molar-refractivity contribution in [1.29, 1.82) is 0 Å². The number of nitrogens with zero attached hydrogens (tertiary/aromatic N) is 3.